The van der Waals surface area contributed by atoms with Gasteiger partial charge in [0.1, 0.15) is 11.6 Å². The van der Waals surface area contributed by atoms with Gasteiger partial charge in [-0.1, -0.05) is 6.92 Å². The standard InChI is InChI=1S/C10H13F2NS/c1-2-8(13)6-14-10-5-7(11)3-4-9(10)12/h3-5,8H,2,6,13H2,1H3. The van der Waals surface area contributed by atoms with Gasteiger partial charge in [0.25, 0.3) is 0 Å². The van der Waals surface area contributed by atoms with Gasteiger partial charge in [0.2, 0.25) is 0 Å². The molecule has 0 bridgehead atoms. The third-order valence-corrected chi connectivity index (χ3v) is 3.09. The molecule has 0 aliphatic heterocycles. The van der Waals surface area contributed by atoms with Gasteiger partial charge >= 0.3 is 0 Å². The zero-order valence-corrected chi connectivity index (χ0v) is 8.78. The van der Waals surface area contributed by atoms with Crippen molar-refractivity contribution in [1.29, 1.82) is 0 Å². The van der Waals surface area contributed by atoms with Gasteiger partial charge in [-0.2, -0.15) is 0 Å². The first kappa shape index (κ1) is 11.5. The molecule has 1 aromatic rings. The smallest absolute Gasteiger partial charge is 0.136 e. The fourth-order valence-corrected chi connectivity index (χ4v) is 1.93. The molecule has 0 aliphatic carbocycles. The average Bonchev–Trinajstić information content (AvgIpc) is 2.19. The van der Waals surface area contributed by atoms with E-state index in [1.165, 1.54) is 17.8 Å². The Hall–Kier alpha value is -0.610. The van der Waals surface area contributed by atoms with Gasteiger partial charge in [-0.3, -0.25) is 0 Å². The number of nitrogens with two attached hydrogens (primary N) is 1. The molecule has 0 saturated heterocycles. The Balaban J connectivity index is 2.62. The first-order chi connectivity index (χ1) is 6.63. The van der Waals surface area contributed by atoms with Gasteiger partial charge in [-0.05, 0) is 24.6 Å². The maximum atomic E-state index is 13.1. The minimum atomic E-state index is -0.418. The molecule has 0 saturated carbocycles. The normalized spacial score (nSPS) is 12.9. The molecular weight excluding hydrogens is 204 g/mol. The number of benzene rings is 1. The van der Waals surface area contributed by atoms with Crippen molar-refractivity contribution in [2.75, 3.05) is 5.75 Å². The van der Waals surface area contributed by atoms with E-state index >= 15 is 0 Å². The van der Waals surface area contributed by atoms with Gasteiger partial charge in [-0.25, -0.2) is 8.78 Å². The lowest BCUT2D eigenvalue weighted by molar-refractivity contribution is 0.577. The van der Waals surface area contributed by atoms with Gasteiger partial charge in [0, 0.05) is 16.7 Å². The predicted molar refractivity (Wildman–Crippen MR) is 55.3 cm³/mol. The van der Waals surface area contributed by atoms with Crippen LogP contribution in [0.3, 0.4) is 0 Å². The summed E-state index contributed by atoms with van der Waals surface area (Å²) in [5.41, 5.74) is 5.67. The van der Waals surface area contributed by atoms with Crippen LogP contribution in [0, 0.1) is 11.6 Å². The molecule has 1 atom stereocenters. The highest BCUT2D eigenvalue weighted by Gasteiger charge is 2.06. The Morgan fingerprint density at radius 3 is 2.79 bits per heavy atom. The fourth-order valence-electron chi connectivity index (χ4n) is 0.902. The van der Waals surface area contributed by atoms with E-state index in [2.05, 4.69) is 0 Å². The molecule has 2 N–H and O–H groups in total. The van der Waals surface area contributed by atoms with Crippen LogP contribution >= 0.6 is 11.8 Å². The van der Waals surface area contributed by atoms with E-state index in [0.717, 1.165) is 18.6 Å². The number of halogens is 2. The minimum Gasteiger partial charge on any atom is -0.327 e. The molecule has 1 nitrogen and oxygen atoms in total. The van der Waals surface area contributed by atoms with Crippen LogP contribution < -0.4 is 5.73 Å². The quantitative estimate of drug-likeness (QED) is 0.785. The van der Waals surface area contributed by atoms with Crippen LogP contribution in [0.2, 0.25) is 0 Å². The van der Waals surface area contributed by atoms with Crippen LogP contribution in [0.4, 0.5) is 8.78 Å². The van der Waals surface area contributed by atoms with Gasteiger partial charge in [0.05, 0.1) is 0 Å². The minimum absolute atomic E-state index is 0.0302. The molecule has 14 heavy (non-hydrogen) atoms. The predicted octanol–water partition coefficient (Wildman–Crippen LogP) is 2.79. The van der Waals surface area contributed by atoms with Crippen LogP contribution in [0.15, 0.2) is 23.1 Å². The topological polar surface area (TPSA) is 26.0 Å². The SMILES string of the molecule is CCC(N)CSc1cc(F)ccc1F. The molecule has 1 rings (SSSR count). The lowest BCUT2D eigenvalue weighted by Crippen LogP contribution is -2.21. The molecule has 4 heteroatoms. The van der Waals surface area contributed by atoms with Gasteiger partial charge in [0.15, 0.2) is 0 Å². The zero-order chi connectivity index (χ0) is 10.6. The Kier molecular flexibility index (Phi) is 4.35. The van der Waals surface area contributed by atoms with E-state index in [-0.39, 0.29) is 11.9 Å². The molecule has 0 spiro atoms. The molecule has 1 aromatic carbocycles. The Labute approximate surface area is 86.7 Å². The summed E-state index contributed by atoms with van der Waals surface area (Å²) in [4.78, 5) is 0.328. The van der Waals surface area contributed by atoms with Crippen molar-refractivity contribution < 1.29 is 8.78 Å². The first-order valence-electron chi connectivity index (χ1n) is 4.47. The molecule has 0 fully saturated rings. The van der Waals surface area contributed by atoms with Crippen LogP contribution in [-0.4, -0.2) is 11.8 Å². The summed E-state index contributed by atoms with van der Waals surface area (Å²) in [7, 11) is 0. The van der Waals surface area contributed by atoms with Crippen molar-refractivity contribution in [2.24, 2.45) is 5.73 Å². The van der Waals surface area contributed by atoms with Crippen molar-refractivity contribution >= 4 is 11.8 Å². The van der Waals surface area contributed by atoms with Crippen LogP contribution in [0.25, 0.3) is 0 Å². The molecule has 1 unspecified atom stereocenters. The van der Waals surface area contributed by atoms with E-state index in [1.807, 2.05) is 6.92 Å². The van der Waals surface area contributed by atoms with Crippen molar-refractivity contribution in [2.45, 2.75) is 24.3 Å². The number of rotatable bonds is 4. The van der Waals surface area contributed by atoms with Gasteiger partial charge < -0.3 is 5.73 Å². The van der Waals surface area contributed by atoms with E-state index in [9.17, 15) is 8.78 Å². The van der Waals surface area contributed by atoms with E-state index in [1.54, 1.807) is 0 Å². The van der Waals surface area contributed by atoms with E-state index in [4.69, 9.17) is 5.73 Å². The fraction of sp³-hybridized carbons (Fsp3) is 0.400. The summed E-state index contributed by atoms with van der Waals surface area (Å²) in [5.74, 6) is -0.199. The van der Waals surface area contributed by atoms with E-state index in [0.29, 0.717) is 10.6 Å². The highest BCUT2D eigenvalue weighted by atomic mass is 32.2. The molecule has 0 radical (unpaired) electrons. The van der Waals surface area contributed by atoms with Crippen LogP contribution in [0.1, 0.15) is 13.3 Å². The third-order valence-electron chi connectivity index (χ3n) is 1.87. The largest absolute Gasteiger partial charge is 0.327 e. The summed E-state index contributed by atoms with van der Waals surface area (Å²) >= 11 is 1.25. The Morgan fingerprint density at radius 1 is 1.43 bits per heavy atom. The number of thioether (sulfide) groups is 1. The molecule has 0 aliphatic rings. The monoisotopic (exact) mass is 217 g/mol. The highest BCUT2D eigenvalue weighted by molar-refractivity contribution is 7.99. The van der Waals surface area contributed by atoms with E-state index < -0.39 is 5.82 Å². The van der Waals surface area contributed by atoms with Crippen LogP contribution in [0.5, 0.6) is 0 Å². The maximum absolute atomic E-state index is 13.1. The second-order valence-electron chi connectivity index (χ2n) is 3.05. The van der Waals surface area contributed by atoms with Crippen molar-refractivity contribution in [1.82, 2.24) is 0 Å². The van der Waals surface area contributed by atoms with Crippen molar-refractivity contribution in [3.63, 3.8) is 0 Å². The third kappa shape index (κ3) is 3.27. The average molecular weight is 217 g/mol. The number of hydrogen-bond acceptors (Lipinski definition) is 2. The molecule has 0 aromatic heterocycles. The molecular formula is C10H13F2NS. The highest BCUT2D eigenvalue weighted by Crippen LogP contribution is 2.23. The zero-order valence-electron chi connectivity index (χ0n) is 7.97. The summed E-state index contributed by atoms with van der Waals surface area (Å²) < 4.78 is 25.8. The lowest BCUT2D eigenvalue weighted by Gasteiger charge is -2.08. The van der Waals surface area contributed by atoms with Gasteiger partial charge in [-0.15, -0.1) is 11.8 Å². The molecule has 0 heterocycles. The molecule has 78 valence electrons. The molecule has 0 amide bonds. The van der Waals surface area contributed by atoms with Crippen molar-refractivity contribution in [3.05, 3.63) is 29.8 Å². The lowest BCUT2D eigenvalue weighted by atomic mass is 10.3. The van der Waals surface area contributed by atoms with Crippen molar-refractivity contribution in [3.8, 4) is 0 Å². The maximum Gasteiger partial charge on any atom is 0.136 e. The Morgan fingerprint density at radius 2 is 2.14 bits per heavy atom. The summed E-state index contributed by atoms with van der Waals surface area (Å²) in [6, 6.07) is 3.47. The summed E-state index contributed by atoms with van der Waals surface area (Å²) in [6.07, 6.45) is 0.837. The van der Waals surface area contributed by atoms with Crippen LogP contribution in [-0.2, 0) is 0 Å². The second-order valence-corrected chi connectivity index (χ2v) is 4.12. The summed E-state index contributed by atoms with van der Waals surface area (Å²) in [5, 5.41) is 0. The number of hydrogen-bond donors (Lipinski definition) is 1. The summed E-state index contributed by atoms with van der Waals surface area (Å²) in [6.45, 7) is 1.97. The Bertz CT molecular complexity index is 304. The first-order valence-corrected chi connectivity index (χ1v) is 5.45. The second kappa shape index (κ2) is 5.32.